The molecule has 1 aliphatic rings. The van der Waals surface area contributed by atoms with Crippen LogP contribution in [-0.4, -0.2) is 37.5 Å². The van der Waals surface area contributed by atoms with Gasteiger partial charge in [-0.2, -0.15) is 0 Å². The molecule has 1 atom stereocenters. The summed E-state index contributed by atoms with van der Waals surface area (Å²) in [6, 6.07) is 8.24. The van der Waals surface area contributed by atoms with Gasteiger partial charge in [-0.25, -0.2) is 0 Å². The van der Waals surface area contributed by atoms with Gasteiger partial charge in [-0.05, 0) is 50.0 Å². The lowest BCUT2D eigenvalue weighted by Gasteiger charge is -2.30. The summed E-state index contributed by atoms with van der Waals surface area (Å²) in [5.41, 5.74) is 2.20. The number of hydrogen-bond donors (Lipinski definition) is 2. The SMILES string of the molecule is CNCCC(=O)Nc1ccc(CN2CCCC(C)C2)cc1. The minimum absolute atomic E-state index is 0.0574. The highest BCUT2D eigenvalue weighted by atomic mass is 16.1. The summed E-state index contributed by atoms with van der Waals surface area (Å²) < 4.78 is 0. The number of carbonyl (C=O) groups is 1. The molecule has 0 aromatic heterocycles. The van der Waals surface area contributed by atoms with E-state index >= 15 is 0 Å². The van der Waals surface area contributed by atoms with E-state index in [4.69, 9.17) is 0 Å². The van der Waals surface area contributed by atoms with Crippen LogP contribution >= 0.6 is 0 Å². The molecule has 1 amide bonds. The predicted molar refractivity (Wildman–Crippen MR) is 87.3 cm³/mol. The number of anilines is 1. The summed E-state index contributed by atoms with van der Waals surface area (Å²) in [7, 11) is 1.85. The number of amides is 1. The van der Waals surface area contributed by atoms with Crippen molar-refractivity contribution in [2.75, 3.05) is 32.0 Å². The number of piperidine rings is 1. The van der Waals surface area contributed by atoms with Crippen molar-refractivity contribution in [2.45, 2.75) is 32.7 Å². The number of nitrogens with one attached hydrogen (secondary N) is 2. The fourth-order valence-electron chi connectivity index (χ4n) is 2.84. The van der Waals surface area contributed by atoms with Crippen molar-refractivity contribution in [2.24, 2.45) is 5.92 Å². The molecule has 1 heterocycles. The van der Waals surface area contributed by atoms with Crippen LogP contribution in [-0.2, 0) is 11.3 Å². The molecule has 1 aliphatic heterocycles. The summed E-state index contributed by atoms with van der Waals surface area (Å²) in [4.78, 5) is 14.2. The molecule has 0 spiro atoms. The van der Waals surface area contributed by atoms with Gasteiger partial charge in [0.1, 0.15) is 0 Å². The molecule has 1 unspecified atom stereocenters. The molecule has 0 aliphatic carbocycles. The van der Waals surface area contributed by atoms with E-state index in [2.05, 4.69) is 34.6 Å². The lowest BCUT2D eigenvalue weighted by molar-refractivity contribution is -0.116. The van der Waals surface area contributed by atoms with Gasteiger partial charge in [-0.3, -0.25) is 9.69 Å². The molecule has 4 heteroatoms. The normalized spacial score (nSPS) is 19.4. The first-order valence-corrected chi connectivity index (χ1v) is 7.93. The Kier molecular flexibility index (Phi) is 6.21. The third-order valence-electron chi connectivity index (χ3n) is 3.99. The van der Waals surface area contributed by atoms with Crippen molar-refractivity contribution in [3.05, 3.63) is 29.8 Å². The second-order valence-corrected chi connectivity index (χ2v) is 6.08. The van der Waals surface area contributed by atoms with Gasteiger partial charge in [0.2, 0.25) is 5.91 Å². The predicted octanol–water partition coefficient (Wildman–Crippen LogP) is 2.47. The van der Waals surface area contributed by atoms with Gasteiger partial charge in [0.15, 0.2) is 0 Å². The fraction of sp³-hybridized carbons (Fsp3) is 0.588. The smallest absolute Gasteiger partial charge is 0.225 e. The molecule has 0 radical (unpaired) electrons. The Morgan fingerprint density at radius 1 is 1.33 bits per heavy atom. The van der Waals surface area contributed by atoms with Crippen LogP contribution in [0.1, 0.15) is 31.7 Å². The topological polar surface area (TPSA) is 44.4 Å². The Labute approximate surface area is 127 Å². The molecule has 0 saturated carbocycles. The van der Waals surface area contributed by atoms with E-state index in [0.717, 1.165) is 18.2 Å². The van der Waals surface area contributed by atoms with Crippen molar-refractivity contribution in [1.82, 2.24) is 10.2 Å². The summed E-state index contributed by atoms with van der Waals surface area (Å²) in [5.74, 6) is 0.867. The third kappa shape index (κ3) is 5.48. The van der Waals surface area contributed by atoms with Crippen LogP contribution < -0.4 is 10.6 Å². The zero-order valence-electron chi connectivity index (χ0n) is 13.2. The van der Waals surface area contributed by atoms with Crippen LogP contribution in [0.25, 0.3) is 0 Å². The number of nitrogens with zero attached hydrogens (tertiary/aromatic N) is 1. The Morgan fingerprint density at radius 2 is 2.10 bits per heavy atom. The molecule has 1 aromatic carbocycles. The maximum absolute atomic E-state index is 11.6. The average molecular weight is 289 g/mol. The van der Waals surface area contributed by atoms with Gasteiger partial charge in [0, 0.05) is 31.7 Å². The van der Waals surface area contributed by atoms with Crippen molar-refractivity contribution in [3.63, 3.8) is 0 Å². The third-order valence-corrected chi connectivity index (χ3v) is 3.99. The van der Waals surface area contributed by atoms with E-state index in [-0.39, 0.29) is 5.91 Å². The molecular formula is C17H27N3O. The summed E-state index contributed by atoms with van der Waals surface area (Å²) >= 11 is 0. The van der Waals surface area contributed by atoms with Crippen LogP contribution in [0.15, 0.2) is 24.3 Å². The minimum atomic E-state index is 0.0574. The minimum Gasteiger partial charge on any atom is -0.326 e. The number of carbonyl (C=O) groups excluding carboxylic acids is 1. The summed E-state index contributed by atoms with van der Waals surface area (Å²) in [6.07, 6.45) is 3.17. The molecule has 0 bridgehead atoms. The molecule has 21 heavy (non-hydrogen) atoms. The van der Waals surface area contributed by atoms with Crippen molar-refractivity contribution in [1.29, 1.82) is 0 Å². The molecule has 2 N–H and O–H groups in total. The maximum Gasteiger partial charge on any atom is 0.225 e. The van der Waals surface area contributed by atoms with E-state index in [9.17, 15) is 4.79 Å². The number of rotatable bonds is 6. The maximum atomic E-state index is 11.6. The molecule has 1 fully saturated rings. The van der Waals surface area contributed by atoms with Gasteiger partial charge in [0.05, 0.1) is 0 Å². The highest BCUT2D eigenvalue weighted by Crippen LogP contribution is 2.18. The monoisotopic (exact) mass is 289 g/mol. The Balaban J connectivity index is 1.82. The van der Waals surface area contributed by atoms with Crippen molar-refractivity contribution >= 4 is 11.6 Å². The molecule has 1 saturated heterocycles. The first-order chi connectivity index (χ1) is 10.2. The highest BCUT2D eigenvalue weighted by molar-refractivity contribution is 5.90. The number of hydrogen-bond acceptors (Lipinski definition) is 3. The van der Waals surface area contributed by atoms with E-state index in [1.807, 2.05) is 19.2 Å². The molecule has 1 aromatic rings. The van der Waals surface area contributed by atoms with Crippen molar-refractivity contribution < 1.29 is 4.79 Å². The number of likely N-dealkylation sites (tertiary alicyclic amines) is 1. The first kappa shape index (κ1) is 16.0. The van der Waals surface area contributed by atoms with Crippen LogP contribution in [0, 0.1) is 5.92 Å². The highest BCUT2D eigenvalue weighted by Gasteiger charge is 2.16. The van der Waals surface area contributed by atoms with Crippen LogP contribution in [0.3, 0.4) is 0 Å². The van der Waals surface area contributed by atoms with Gasteiger partial charge < -0.3 is 10.6 Å². The van der Waals surface area contributed by atoms with Gasteiger partial charge in [0.25, 0.3) is 0 Å². The average Bonchev–Trinajstić information content (AvgIpc) is 2.47. The Bertz CT molecular complexity index is 444. The standard InChI is InChI=1S/C17H27N3O/c1-14-4-3-11-20(12-14)13-15-5-7-16(8-6-15)19-17(21)9-10-18-2/h5-8,14,18H,3-4,9-13H2,1-2H3,(H,19,21). The van der Waals surface area contributed by atoms with Gasteiger partial charge in [-0.1, -0.05) is 19.1 Å². The first-order valence-electron chi connectivity index (χ1n) is 7.93. The molecular weight excluding hydrogens is 262 g/mol. The zero-order valence-corrected chi connectivity index (χ0v) is 13.2. The van der Waals surface area contributed by atoms with E-state index in [1.54, 1.807) is 0 Å². The quantitative estimate of drug-likeness (QED) is 0.845. The fourth-order valence-corrected chi connectivity index (χ4v) is 2.84. The van der Waals surface area contributed by atoms with E-state index < -0.39 is 0 Å². The molecule has 4 nitrogen and oxygen atoms in total. The Morgan fingerprint density at radius 3 is 2.76 bits per heavy atom. The van der Waals surface area contributed by atoms with Crippen molar-refractivity contribution in [3.8, 4) is 0 Å². The van der Waals surface area contributed by atoms with Crippen LogP contribution in [0.4, 0.5) is 5.69 Å². The van der Waals surface area contributed by atoms with E-state index in [1.165, 1.54) is 31.5 Å². The van der Waals surface area contributed by atoms with E-state index in [0.29, 0.717) is 13.0 Å². The largest absolute Gasteiger partial charge is 0.326 e. The van der Waals surface area contributed by atoms with Crippen LogP contribution in [0.2, 0.25) is 0 Å². The molecule has 116 valence electrons. The van der Waals surface area contributed by atoms with Crippen LogP contribution in [0.5, 0.6) is 0 Å². The zero-order chi connectivity index (χ0) is 15.1. The Hall–Kier alpha value is -1.39. The summed E-state index contributed by atoms with van der Waals surface area (Å²) in [6.45, 7) is 6.45. The second kappa shape index (κ2) is 8.15. The van der Waals surface area contributed by atoms with Gasteiger partial charge in [-0.15, -0.1) is 0 Å². The molecule has 2 rings (SSSR count). The van der Waals surface area contributed by atoms with Gasteiger partial charge >= 0.3 is 0 Å². The second-order valence-electron chi connectivity index (χ2n) is 6.08. The lowest BCUT2D eigenvalue weighted by atomic mass is 10.00. The summed E-state index contributed by atoms with van der Waals surface area (Å²) in [5, 5.41) is 5.90. The lowest BCUT2D eigenvalue weighted by Crippen LogP contribution is -2.33. The number of benzene rings is 1.